The van der Waals surface area contributed by atoms with Crippen molar-refractivity contribution in [1.29, 1.82) is 0 Å². The van der Waals surface area contributed by atoms with Gasteiger partial charge in [0.15, 0.2) is 6.04 Å². The second-order valence-corrected chi connectivity index (χ2v) is 6.97. The molecule has 1 saturated heterocycles. The van der Waals surface area contributed by atoms with Crippen LogP contribution in [0.15, 0.2) is 54.6 Å². The van der Waals surface area contributed by atoms with Crippen LogP contribution in [0, 0.1) is 5.82 Å². The highest BCUT2D eigenvalue weighted by molar-refractivity contribution is 6.37. The molecule has 2 atom stereocenters. The lowest BCUT2D eigenvalue weighted by Gasteiger charge is -2.38. The molecule has 2 amide bonds. The van der Waals surface area contributed by atoms with Gasteiger partial charge in [0, 0.05) is 18.4 Å². The number of benzene rings is 2. The largest absolute Gasteiger partial charge is 0.363 e. The minimum absolute atomic E-state index is 0.0881. The Morgan fingerprint density at radius 1 is 1.04 bits per heavy atom. The molecule has 1 aliphatic rings. The zero-order valence-corrected chi connectivity index (χ0v) is 14.9. The zero-order valence-electron chi connectivity index (χ0n) is 14.9. The maximum Gasteiger partial charge on any atom is 0.314 e. The first-order chi connectivity index (χ1) is 12.9. The molecule has 6 heteroatoms. The molecule has 2 N–H and O–H groups in total. The van der Waals surface area contributed by atoms with Crippen molar-refractivity contribution in [3.63, 3.8) is 0 Å². The number of nitrogens with zero attached hydrogens (tertiary/aromatic N) is 1. The summed E-state index contributed by atoms with van der Waals surface area (Å²) in [4.78, 5) is 37.4. The Hall–Kier alpha value is -2.86. The maximum absolute atomic E-state index is 13.3. The molecule has 140 valence electrons. The summed E-state index contributed by atoms with van der Waals surface area (Å²) in [6, 6.07) is 14.2. The Labute approximate surface area is 157 Å². The van der Waals surface area contributed by atoms with E-state index in [2.05, 4.69) is 0 Å². The number of nitrogens with two attached hydrogens (primary N) is 1. The van der Waals surface area contributed by atoms with Crippen molar-refractivity contribution in [2.75, 3.05) is 6.54 Å². The van der Waals surface area contributed by atoms with Crippen LogP contribution in [0.2, 0.25) is 0 Å². The second kappa shape index (κ2) is 7.80. The lowest BCUT2D eigenvalue weighted by Crippen LogP contribution is -2.61. The number of hydrogen-bond acceptors (Lipinski definition) is 3. The Kier molecular flexibility index (Phi) is 5.46. The zero-order chi connectivity index (χ0) is 19.4. The van der Waals surface area contributed by atoms with Crippen LogP contribution in [0.1, 0.15) is 24.0 Å². The Morgan fingerprint density at radius 2 is 1.70 bits per heavy atom. The van der Waals surface area contributed by atoms with Crippen LogP contribution in [0.5, 0.6) is 0 Å². The van der Waals surface area contributed by atoms with Gasteiger partial charge >= 0.3 is 5.91 Å². The van der Waals surface area contributed by atoms with Gasteiger partial charge in [0.1, 0.15) is 12.4 Å². The molecular formula is C21H22FN2O3+. The van der Waals surface area contributed by atoms with Gasteiger partial charge in [-0.15, -0.1) is 0 Å². The van der Waals surface area contributed by atoms with Gasteiger partial charge in [-0.2, -0.15) is 0 Å². The van der Waals surface area contributed by atoms with E-state index in [1.165, 1.54) is 12.1 Å². The maximum atomic E-state index is 13.3. The number of ketones is 1. The van der Waals surface area contributed by atoms with Crippen molar-refractivity contribution in [3.05, 3.63) is 71.5 Å². The molecule has 1 aliphatic heterocycles. The summed E-state index contributed by atoms with van der Waals surface area (Å²) >= 11 is 0. The molecule has 1 heterocycles. The predicted molar refractivity (Wildman–Crippen MR) is 97.6 cm³/mol. The third-order valence-corrected chi connectivity index (χ3v) is 5.24. The van der Waals surface area contributed by atoms with Gasteiger partial charge < -0.3 is 5.73 Å². The number of halogens is 1. The summed E-state index contributed by atoms with van der Waals surface area (Å²) < 4.78 is 13.1. The normalized spacial score (nSPS) is 20.4. The number of rotatable bonds is 7. The molecule has 0 bridgehead atoms. The van der Waals surface area contributed by atoms with E-state index >= 15 is 0 Å². The molecule has 0 aromatic heterocycles. The van der Waals surface area contributed by atoms with Crippen LogP contribution in [-0.2, 0) is 27.3 Å². The molecule has 0 saturated carbocycles. The number of carbonyl (C=O) groups excluding carboxylic acids is 3. The number of amides is 2. The van der Waals surface area contributed by atoms with Crippen molar-refractivity contribution >= 4 is 17.6 Å². The number of Topliss-reactive ketones (excluding diaryl/α,β-unsaturated/α-hetero) is 1. The smallest absolute Gasteiger partial charge is 0.314 e. The number of carbonyl (C=O) groups is 3. The number of likely N-dealkylation sites (tertiary alicyclic amines) is 1. The second-order valence-electron chi connectivity index (χ2n) is 6.97. The van der Waals surface area contributed by atoms with E-state index in [0.29, 0.717) is 19.4 Å². The Balaban J connectivity index is 2.02. The number of primary amides is 1. The third kappa shape index (κ3) is 3.95. The molecule has 1 fully saturated rings. The van der Waals surface area contributed by atoms with Gasteiger partial charge in [-0.25, -0.2) is 13.7 Å². The average Bonchev–Trinajstić information content (AvgIpc) is 3.03. The highest BCUT2D eigenvalue weighted by Gasteiger charge is 2.51. The number of quaternary nitrogens is 1. The first kappa shape index (κ1) is 18.9. The van der Waals surface area contributed by atoms with Crippen LogP contribution in [-0.4, -0.2) is 34.7 Å². The van der Waals surface area contributed by atoms with E-state index in [9.17, 15) is 18.8 Å². The van der Waals surface area contributed by atoms with Gasteiger partial charge in [-0.3, -0.25) is 9.59 Å². The first-order valence-electron chi connectivity index (χ1n) is 8.94. The van der Waals surface area contributed by atoms with Crippen molar-refractivity contribution in [2.24, 2.45) is 5.73 Å². The third-order valence-electron chi connectivity index (χ3n) is 5.24. The van der Waals surface area contributed by atoms with E-state index in [1.807, 2.05) is 30.3 Å². The summed E-state index contributed by atoms with van der Waals surface area (Å²) in [6.07, 6.45) is 1.23. The van der Waals surface area contributed by atoms with E-state index < -0.39 is 17.7 Å². The molecule has 5 nitrogen and oxygen atoms in total. The molecule has 0 radical (unpaired) electrons. The standard InChI is InChI=1S/C21H21FN2O3/c22-17-10-8-16(9-11-17)14-24(12-4-7-19(24)25)18(20(26)21(23)27)13-15-5-2-1-3-6-15/h1-3,5-6,8-11,18H,4,7,12-14H2,(H-,23,27)/p+1. The first-order valence-corrected chi connectivity index (χ1v) is 8.94. The lowest BCUT2D eigenvalue weighted by molar-refractivity contribution is -0.875. The van der Waals surface area contributed by atoms with Crippen molar-refractivity contribution in [3.8, 4) is 0 Å². The van der Waals surface area contributed by atoms with E-state index in [1.54, 1.807) is 12.1 Å². The lowest BCUT2D eigenvalue weighted by atomic mass is 9.97. The molecule has 3 rings (SSSR count). The predicted octanol–water partition coefficient (Wildman–Crippen LogP) is 2.13. The average molecular weight is 369 g/mol. The van der Waals surface area contributed by atoms with E-state index in [0.717, 1.165) is 11.1 Å². The molecule has 2 aromatic rings. The van der Waals surface area contributed by atoms with Crippen LogP contribution < -0.4 is 5.73 Å². The van der Waals surface area contributed by atoms with E-state index in [4.69, 9.17) is 5.73 Å². The van der Waals surface area contributed by atoms with Gasteiger partial charge in [-0.05, 0) is 17.7 Å². The van der Waals surface area contributed by atoms with Gasteiger partial charge in [0.25, 0.3) is 11.7 Å². The van der Waals surface area contributed by atoms with Crippen LogP contribution >= 0.6 is 0 Å². The van der Waals surface area contributed by atoms with Crippen LogP contribution in [0.4, 0.5) is 4.39 Å². The van der Waals surface area contributed by atoms with Gasteiger partial charge in [0.05, 0.1) is 13.0 Å². The van der Waals surface area contributed by atoms with Crippen LogP contribution in [0.25, 0.3) is 0 Å². The monoisotopic (exact) mass is 369 g/mol. The Bertz CT molecular complexity index is 851. The minimum Gasteiger partial charge on any atom is -0.363 e. The summed E-state index contributed by atoms with van der Waals surface area (Å²) in [5.41, 5.74) is 6.91. The fraction of sp³-hybridized carbons (Fsp3) is 0.286. The van der Waals surface area contributed by atoms with Crippen molar-refractivity contribution < 1.29 is 23.3 Å². The van der Waals surface area contributed by atoms with Gasteiger partial charge in [-0.1, -0.05) is 42.5 Å². The Morgan fingerprint density at radius 3 is 2.26 bits per heavy atom. The molecule has 0 spiro atoms. The summed E-state index contributed by atoms with van der Waals surface area (Å²) in [5, 5.41) is 0. The van der Waals surface area contributed by atoms with Crippen molar-refractivity contribution in [1.82, 2.24) is 0 Å². The highest BCUT2D eigenvalue weighted by atomic mass is 19.1. The number of hydrogen-bond donors (Lipinski definition) is 1. The highest BCUT2D eigenvalue weighted by Crippen LogP contribution is 2.31. The molecular weight excluding hydrogens is 347 g/mol. The topological polar surface area (TPSA) is 77.2 Å². The minimum atomic E-state index is -1.03. The van der Waals surface area contributed by atoms with Crippen molar-refractivity contribution in [2.45, 2.75) is 31.8 Å². The molecule has 2 unspecified atom stereocenters. The van der Waals surface area contributed by atoms with E-state index in [-0.39, 0.29) is 29.2 Å². The molecule has 2 aromatic carbocycles. The molecule has 27 heavy (non-hydrogen) atoms. The quantitative estimate of drug-likeness (QED) is 0.600. The SMILES string of the molecule is NC(=O)C(=O)C(Cc1ccccc1)[N+]1(Cc2ccc(F)cc2)CCCC1=O. The molecule has 0 aliphatic carbocycles. The fourth-order valence-corrected chi connectivity index (χ4v) is 3.88. The van der Waals surface area contributed by atoms with Crippen LogP contribution in [0.3, 0.4) is 0 Å². The summed E-state index contributed by atoms with van der Waals surface area (Å²) in [7, 11) is 0. The summed E-state index contributed by atoms with van der Waals surface area (Å²) in [6.45, 7) is 0.683. The van der Waals surface area contributed by atoms with Gasteiger partial charge in [0.2, 0.25) is 0 Å². The summed E-state index contributed by atoms with van der Waals surface area (Å²) in [5.74, 6) is -2.23. The fourth-order valence-electron chi connectivity index (χ4n) is 3.88.